The number of amides is 2. The third-order valence-corrected chi connectivity index (χ3v) is 8.50. The maximum absolute atomic E-state index is 13.9. The van der Waals surface area contributed by atoms with Crippen LogP contribution >= 0.6 is 0 Å². The molecule has 42 heavy (non-hydrogen) atoms. The van der Waals surface area contributed by atoms with Gasteiger partial charge in [-0.05, 0) is 35.4 Å². The van der Waals surface area contributed by atoms with Gasteiger partial charge in [0.25, 0.3) is 5.91 Å². The summed E-state index contributed by atoms with van der Waals surface area (Å²) in [6.45, 7) is 2.58. The molecule has 0 radical (unpaired) electrons. The van der Waals surface area contributed by atoms with Gasteiger partial charge in [-0.3, -0.25) is 9.59 Å². The molecule has 2 aliphatic heterocycles. The van der Waals surface area contributed by atoms with Gasteiger partial charge < -0.3 is 24.4 Å². The highest BCUT2D eigenvalue weighted by Gasteiger charge is 2.41. The van der Waals surface area contributed by atoms with Crippen molar-refractivity contribution in [1.29, 1.82) is 0 Å². The fourth-order valence-corrected chi connectivity index (χ4v) is 6.46. The van der Waals surface area contributed by atoms with Crippen LogP contribution in [0.4, 0.5) is 5.69 Å². The number of hydrogen-bond donors (Lipinski definition) is 1. The highest BCUT2D eigenvalue weighted by atomic mass is 16.5. The van der Waals surface area contributed by atoms with E-state index in [4.69, 9.17) is 4.74 Å². The molecule has 7 nitrogen and oxygen atoms in total. The van der Waals surface area contributed by atoms with Gasteiger partial charge in [0, 0.05) is 48.2 Å². The first-order chi connectivity index (χ1) is 20.6. The van der Waals surface area contributed by atoms with E-state index in [0.29, 0.717) is 31.7 Å². The Hall–Kier alpha value is -5.04. The molecule has 1 unspecified atom stereocenters. The van der Waals surface area contributed by atoms with Crippen LogP contribution in [-0.4, -0.2) is 66.4 Å². The Morgan fingerprint density at radius 2 is 1.52 bits per heavy atom. The van der Waals surface area contributed by atoms with Gasteiger partial charge >= 0.3 is 0 Å². The Kier molecular flexibility index (Phi) is 6.62. The number of aromatic nitrogens is 1. The summed E-state index contributed by atoms with van der Waals surface area (Å²) in [6, 6.07) is 33.7. The van der Waals surface area contributed by atoms with Crippen molar-refractivity contribution in [3.8, 4) is 17.0 Å². The number of ether oxygens (including phenoxy) is 1. The predicted molar refractivity (Wildman–Crippen MR) is 165 cm³/mol. The Morgan fingerprint density at radius 1 is 0.833 bits per heavy atom. The highest BCUT2D eigenvalue weighted by Crippen LogP contribution is 2.45. The van der Waals surface area contributed by atoms with Crippen molar-refractivity contribution < 1.29 is 14.3 Å². The topological polar surface area (TPSA) is 68.9 Å². The number of carbonyl (C=O) groups excluding carboxylic acids is 2. The molecule has 0 aliphatic carbocycles. The van der Waals surface area contributed by atoms with Crippen LogP contribution in [0.5, 0.6) is 5.75 Å². The van der Waals surface area contributed by atoms with Crippen LogP contribution in [-0.2, 0) is 4.79 Å². The molecule has 4 aromatic carbocycles. The number of para-hydroxylation sites is 3. The van der Waals surface area contributed by atoms with Gasteiger partial charge in [-0.15, -0.1) is 0 Å². The van der Waals surface area contributed by atoms with Gasteiger partial charge in [0.15, 0.2) is 0 Å². The number of carbonyl (C=O) groups is 2. The molecule has 2 aliphatic rings. The second kappa shape index (κ2) is 10.7. The molecule has 1 N–H and O–H groups in total. The minimum absolute atomic E-state index is 0.0145. The summed E-state index contributed by atoms with van der Waals surface area (Å²) in [5.41, 5.74) is 6.64. The number of piperazine rings is 1. The summed E-state index contributed by atoms with van der Waals surface area (Å²) >= 11 is 0. The number of benzene rings is 4. The van der Waals surface area contributed by atoms with Crippen molar-refractivity contribution in [3.05, 3.63) is 120 Å². The van der Waals surface area contributed by atoms with Gasteiger partial charge in [0.1, 0.15) is 12.3 Å². The Balaban J connectivity index is 1.21. The standard InChI is InChI=1S/C35H32N4O3/c1-42-30-18-10-9-17-29(30)37-19-21-38(22-20-37)31(40)23-39-34(25-13-5-6-14-26(25)35(39)41)32-27-15-7-8-16-28(27)36-33(32)24-11-3-2-4-12-24/h2-18,34,36H,19-23H2,1H3. The van der Waals surface area contributed by atoms with E-state index in [1.165, 1.54) is 0 Å². The first kappa shape index (κ1) is 25.9. The lowest BCUT2D eigenvalue weighted by Crippen LogP contribution is -2.51. The van der Waals surface area contributed by atoms with Gasteiger partial charge in [0.2, 0.25) is 5.91 Å². The number of nitrogens with zero attached hydrogens (tertiary/aromatic N) is 3. The number of nitrogens with one attached hydrogen (secondary N) is 1. The average molecular weight is 557 g/mol. The van der Waals surface area contributed by atoms with E-state index in [-0.39, 0.29) is 24.4 Å². The van der Waals surface area contributed by atoms with Crippen molar-refractivity contribution in [2.24, 2.45) is 0 Å². The minimum Gasteiger partial charge on any atom is -0.495 e. The molecule has 2 amide bonds. The maximum atomic E-state index is 13.9. The van der Waals surface area contributed by atoms with Gasteiger partial charge in [0.05, 0.1) is 24.5 Å². The normalized spacial score (nSPS) is 16.6. The summed E-state index contributed by atoms with van der Waals surface area (Å²) in [7, 11) is 1.68. The first-order valence-corrected chi connectivity index (χ1v) is 14.4. The van der Waals surface area contributed by atoms with Crippen molar-refractivity contribution in [1.82, 2.24) is 14.8 Å². The Labute approximate surface area is 244 Å². The third kappa shape index (κ3) is 4.38. The number of aromatic amines is 1. The molecule has 7 heteroatoms. The zero-order valence-electron chi connectivity index (χ0n) is 23.5. The number of methoxy groups -OCH3 is 1. The number of rotatable bonds is 6. The molecule has 1 atom stereocenters. The first-order valence-electron chi connectivity index (χ1n) is 14.4. The summed E-state index contributed by atoms with van der Waals surface area (Å²) in [6.07, 6.45) is 0. The number of anilines is 1. The van der Waals surface area contributed by atoms with E-state index in [2.05, 4.69) is 34.1 Å². The lowest BCUT2D eigenvalue weighted by Gasteiger charge is -2.37. The molecular weight excluding hydrogens is 524 g/mol. The monoisotopic (exact) mass is 556 g/mol. The van der Waals surface area contributed by atoms with Crippen molar-refractivity contribution in [3.63, 3.8) is 0 Å². The lowest BCUT2D eigenvalue weighted by atomic mass is 9.93. The molecule has 210 valence electrons. The van der Waals surface area contributed by atoms with Crippen LogP contribution in [0.1, 0.15) is 27.5 Å². The molecule has 1 fully saturated rings. The summed E-state index contributed by atoms with van der Waals surface area (Å²) in [5, 5.41) is 1.05. The molecule has 0 spiro atoms. The van der Waals surface area contributed by atoms with Crippen LogP contribution in [0, 0.1) is 0 Å². The highest BCUT2D eigenvalue weighted by molar-refractivity contribution is 6.03. The lowest BCUT2D eigenvalue weighted by molar-refractivity contribution is -0.132. The SMILES string of the molecule is COc1ccccc1N1CCN(C(=O)CN2C(=O)c3ccccc3C2c2c(-c3ccccc3)[nH]c3ccccc23)CC1. The smallest absolute Gasteiger partial charge is 0.255 e. The molecule has 1 saturated heterocycles. The van der Waals surface area contributed by atoms with E-state index in [1.54, 1.807) is 12.0 Å². The van der Waals surface area contributed by atoms with E-state index >= 15 is 0 Å². The molecule has 7 rings (SSSR count). The summed E-state index contributed by atoms with van der Waals surface area (Å²) in [5.74, 6) is 0.677. The van der Waals surface area contributed by atoms with Crippen LogP contribution in [0.2, 0.25) is 0 Å². The van der Waals surface area contributed by atoms with Crippen LogP contribution < -0.4 is 9.64 Å². The van der Waals surface area contributed by atoms with Crippen LogP contribution in [0.25, 0.3) is 22.2 Å². The van der Waals surface area contributed by atoms with E-state index < -0.39 is 0 Å². The zero-order chi connectivity index (χ0) is 28.6. The third-order valence-electron chi connectivity index (χ3n) is 8.50. The second-order valence-corrected chi connectivity index (χ2v) is 10.8. The summed E-state index contributed by atoms with van der Waals surface area (Å²) < 4.78 is 5.55. The number of hydrogen-bond acceptors (Lipinski definition) is 4. The largest absolute Gasteiger partial charge is 0.495 e. The number of fused-ring (bicyclic) bond motifs is 2. The molecule has 3 heterocycles. The Morgan fingerprint density at radius 3 is 2.33 bits per heavy atom. The van der Waals surface area contributed by atoms with Crippen LogP contribution in [0.3, 0.4) is 0 Å². The van der Waals surface area contributed by atoms with Gasteiger partial charge in [-0.2, -0.15) is 0 Å². The molecule has 1 aromatic heterocycles. The average Bonchev–Trinajstić information content (AvgIpc) is 3.56. The second-order valence-electron chi connectivity index (χ2n) is 10.8. The number of H-pyrrole nitrogens is 1. The van der Waals surface area contributed by atoms with E-state index in [0.717, 1.165) is 44.7 Å². The molecule has 5 aromatic rings. The van der Waals surface area contributed by atoms with E-state index in [1.807, 2.05) is 83.8 Å². The summed E-state index contributed by atoms with van der Waals surface area (Å²) in [4.78, 5) is 37.3. The van der Waals surface area contributed by atoms with Gasteiger partial charge in [-0.25, -0.2) is 0 Å². The van der Waals surface area contributed by atoms with Crippen molar-refractivity contribution in [2.75, 3.05) is 44.7 Å². The van der Waals surface area contributed by atoms with Crippen molar-refractivity contribution in [2.45, 2.75) is 6.04 Å². The van der Waals surface area contributed by atoms with E-state index in [9.17, 15) is 9.59 Å². The predicted octanol–water partition coefficient (Wildman–Crippen LogP) is 5.74. The Bertz CT molecular complexity index is 1770. The van der Waals surface area contributed by atoms with Crippen molar-refractivity contribution >= 4 is 28.4 Å². The van der Waals surface area contributed by atoms with Gasteiger partial charge in [-0.1, -0.05) is 78.9 Å². The fraction of sp³-hybridized carbons (Fsp3) is 0.200. The maximum Gasteiger partial charge on any atom is 0.255 e. The molecule has 0 saturated carbocycles. The fourth-order valence-electron chi connectivity index (χ4n) is 6.46. The molecule has 0 bridgehead atoms. The quantitative estimate of drug-likeness (QED) is 0.290. The minimum atomic E-state index is -0.390. The molecular formula is C35H32N4O3. The zero-order valence-corrected chi connectivity index (χ0v) is 23.5. The van der Waals surface area contributed by atoms with Crippen LogP contribution in [0.15, 0.2) is 103 Å².